The van der Waals surface area contributed by atoms with Crippen LogP contribution in [0.4, 0.5) is 0 Å². The molecule has 2 nitrogen and oxygen atoms in total. The van der Waals surface area contributed by atoms with Gasteiger partial charge in [-0.3, -0.25) is 0 Å². The molecule has 0 radical (unpaired) electrons. The third-order valence-corrected chi connectivity index (χ3v) is 3.34. The summed E-state index contributed by atoms with van der Waals surface area (Å²) in [5.41, 5.74) is 6.88. The standard InChI is InChI=1S/C11H14BrNO/c12-9-3-1-2-8(11(9)14)10(13)6-7-4-5-7/h1-3,7,10,14H,4-6,13H2/t10-/m1/s1. The number of hydrogen-bond donors (Lipinski definition) is 2. The number of phenols is 1. The van der Waals surface area contributed by atoms with Gasteiger partial charge >= 0.3 is 0 Å². The maximum absolute atomic E-state index is 9.77. The zero-order valence-electron chi connectivity index (χ0n) is 7.91. The van der Waals surface area contributed by atoms with Crippen molar-refractivity contribution in [3.05, 3.63) is 28.2 Å². The number of halogens is 1. The maximum Gasteiger partial charge on any atom is 0.134 e. The van der Waals surface area contributed by atoms with E-state index in [2.05, 4.69) is 15.9 Å². The first kappa shape index (κ1) is 9.99. The Labute approximate surface area is 92.3 Å². The van der Waals surface area contributed by atoms with Crippen molar-refractivity contribution in [2.24, 2.45) is 11.7 Å². The van der Waals surface area contributed by atoms with Crippen LogP contribution < -0.4 is 5.73 Å². The Hall–Kier alpha value is -0.540. The summed E-state index contributed by atoms with van der Waals surface area (Å²) in [6, 6.07) is 5.60. The minimum Gasteiger partial charge on any atom is -0.506 e. The van der Waals surface area contributed by atoms with Crippen LogP contribution in [0.25, 0.3) is 0 Å². The predicted molar refractivity (Wildman–Crippen MR) is 60.1 cm³/mol. The first-order valence-corrected chi connectivity index (χ1v) is 5.70. The number of rotatable bonds is 3. The minimum atomic E-state index is -0.0278. The van der Waals surface area contributed by atoms with Crippen LogP contribution in [0.2, 0.25) is 0 Å². The van der Waals surface area contributed by atoms with Crippen molar-refractivity contribution in [3.63, 3.8) is 0 Å². The fourth-order valence-corrected chi connectivity index (χ4v) is 2.05. The van der Waals surface area contributed by atoms with Crippen LogP contribution in [0.5, 0.6) is 5.75 Å². The number of benzene rings is 1. The van der Waals surface area contributed by atoms with Crippen molar-refractivity contribution in [2.75, 3.05) is 0 Å². The van der Waals surface area contributed by atoms with Crippen molar-refractivity contribution in [1.82, 2.24) is 0 Å². The Morgan fingerprint density at radius 3 is 2.86 bits per heavy atom. The highest BCUT2D eigenvalue weighted by Crippen LogP contribution is 2.39. The molecule has 1 aromatic rings. The van der Waals surface area contributed by atoms with Crippen molar-refractivity contribution < 1.29 is 5.11 Å². The number of para-hydroxylation sites is 1. The molecular weight excluding hydrogens is 242 g/mol. The molecule has 0 spiro atoms. The summed E-state index contributed by atoms with van der Waals surface area (Å²) in [7, 11) is 0. The Morgan fingerprint density at radius 1 is 1.50 bits per heavy atom. The van der Waals surface area contributed by atoms with Gasteiger partial charge in [-0.2, -0.15) is 0 Å². The summed E-state index contributed by atoms with van der Waals surface area (Å²) in [4.78, 5) is 0. The molecule has 2 rings (SSSR count). The van der Waals surface area contributed by atoms with Gasteiger partial charge in [-0.15, -0.1) is 0 Å². The third-order valence-electron chi connectivity index (χ3n) is 2.70. The SMILES string of the molecule is N[C@H](CC1CC1)c1cccc(Br)c1O. The monoisotopic (exact) mass is 255 g/mol. The molecule has 0 aromatic heterocycles. The van der Waals surface area contributed by atoms with Gasteiger partial charge in [-0.1, -0.05) is 25.0 Å². The van der Waals surface area contributed by atoms with E-state index in [-0.39, 0.29) is 6.04 Å². The average Bonchev–Trinajstić information content (AvgIpc) is 2.93. The molecule has 3 heteroatoms. The zero-order valence-corrected chi connectivity index (χ0v) is 9.50. The molecule has 1 aliphatic rings. The average molecular weight is 256 g/mol. The van der Waals surface area contributed by atoms with E-state index in [1.165, 1.54) is 12.8 Å². The minimum absolute atomic E-state index is 0.0278. The van der Waals surface area contributed by atoms with Crippen molar-refractivity contribution >= 4 is 15.9 Å². The van der Waals surface area contributed by atoms with E-state index in [0.29, 0.717) is 5.75 Å². The van der Waals surface area contributed by atoms with Gasteiger partial charge < -0.3 is 10.8 Å². The zero-order chi connectivity index (χ0) is 10.1. The molecule has 1 fully saturated rings. The summed E-state index contributed by atoms with van der Waals surface area (Å²) in [6.45, 7) is 0. The van der Waals surface area contributed by atoms with Gasteiger partial charge in [0, 0.05) is 11.6 Å². The Balaban J connectivity index is 2.16. The third kappa shape index (κ3) is 2.10. The van der Waals surface area contributed by atoms with E-state index in [9.17, 15) is 5.11 Å². The lowest BCUT2D eigenvalue weighted by Crippen LogP contribution is -2.11. The molecule has 76 valence electrons. The molecule has 1 aromatic carbocycles. The largest absolute Gasteiger partial charge is 0.506 e. The molecule has 1 saturated carbocycles. The van der Waals surface area contributed by atoms with Gasteiger partial charge in [-0.25, -0.2) is 0 Å². The molecule has 0 heterocycles. The second kappa shape index (κ2) is 3.91. The van der Waals surface area contributed by atoms with Crippen LogP contribution in [0, 0.1) is 5.92 Å². The van der Waals surface area contributed by atoms with E-state index >= 15 is 0 Å². The lowest BCUT2D eigenvalue weighted by Gasteiger charge is -2.13. The molecule has 1 atom stereocenters. The quantitative estimate of drug-likeness (QED) is 0.873. The van der Waals surface area contributed by atoms with Gasteiger partial charge in [0.1, 0.15) is 5.75 Å². The summed E-state index contributed by atoms with van der Waals surface area (Å²) in [5, 5.41) is 9.77. The van der Waals surface area contributed by atoms with E-state index < -0.39 is 0 Å². The highest BCUT2D eigenvalue weighted by Gasteiger charge is 2.25. The molecular formula is C11H14BrNO. The maximum atomic E-state index is 9.77. The van der Waals surface area contributed by atoms with Crippen LogP contribution in [0.15, 0.2) is 22.7 Å². The molecule has 0 aliphatic heterocycles. The van der Waals surface area contributed by atoms with Crippen LogP contribution in [0.1, 0.15) is 30.9 Å². The number of nitrogens with two attached hydrogens (primary N) is 1. The normalized spacial score (nSPS) is 18.1. The van der Waals surface area contributed by atoms with Crippen molar-refractivity contribution in [3.8, 4) is 5.75 Å². The number of phenolic OH excluding ortho intramolecular Hbond substituents is 1. The Kier molecular flexibility index (Phi) is 2.79. The van der Waals surface area contributed by atoms with Gasteiger partial charge in [0.15, 0.2) is 0 Å². The summed E-state index contributed by atoms with van der Waals surface area (Å²) in [6.07, 6.45) is 3.58. The first-order chi connectivity index (χ1) is 6.68. The highest BCUT2D eigenvalue weighted by atomic mass is 79.9. The van der Waals surface area contributed by atoms with Crippen molar-refractivity contribution in [2.45, 2.75) is 25.3 Å². The lowest BCUT2D eigenvalue weighted by molar-refractivity contribution is 0.452. The molecule has 0 bridgehead atoms. The molecule has 14 heavy (non-hydrogen) atoms. The van der Waals surface area contributed by atoms with Crippen LogP contribution >= 0.6 is 15.9 Å². The highest BCUT2D eigenvalue weighted by molar-refractivity contribution is 9.10. The van der Waals surface area contributed by atoms with Crippen LogP contribution in [0.3, 0.4) is 0 Å². The summed E-state index contributed by atoms with van der Waals surface area (Å²) in [5.74, 6) is 1.07. The fourth-order valence-electron chi connectivity index (χ4n) is 1.67. The molecule has 0 unspecified atom stereocenters. The Bertz CT molecular complexity index is 336. The van der Waals surface area contributed by atoms with Gasteiger partial charge in [-0.05, 0) is 34.3 Å². The van der Waals surface area contributed by atoms with Gasteiger partial charge in [0.05, 0.1) is 4.47 Å². The second-order valence-corrected chi connectivity index (χ2v) is 4.82. The summed E-state index contributed by atoms with van der Waals surface area (Å²) < 4.78 is 0.723. The van der Waals surface area contributed by atoms with Crippen molar-refractivity contribution in [1.29, 1.82) is 0 Å². The van der Waals surface area contributed by atoms with E-state index in [0.717, 1.165) is 22.4 Å². The van der Waals surface area contributed by atoms with E-state index in [1.54, 1.807) is 0 Å². The fraction of sp³-hybridized carbons (Fsp3) is 0.455. The molecule has 0 saturated heterocycles. The van der Waals surface area contributed by atoms with Gasteiger partial charge in [0.2, 0.25) is 0 Å². The lowest BCUT2D eigenvalue weighted by atomic mass is 10.0. The smallest absolute Gasteiger partial charge is 0.134 e. The summed E-state index contributed by atoms with van der Waals surface area (Å²) >= 11 is 3.29. The molecule has 0 amide bonds. The molecule has 1 aliphatic carbocycles. The topological polar surface area (TPSA) is 46.2 Å². The Morgan fingerprint density at radius 2 is 2.21 bits per heavy atom. The first-order valence-electron chi connectivity index (χ1n) is 4.91. The second-order valence-electron chi connectivity index (χ2n) is 3.96. The predicted octanol–water partition coefficient (Wildman–Crippen LogP) is 2.95. The van der Waals surface area contributed by atoms with E-state index in [1.807, 2.05) is 18.2 Å². The number of hydrogen-bond acceptors (Lipinski definition) is 2. The number of aromatic hydroxyl groups is 1. The van der Waals surface area contributed by atoms with Gasteiger partial charge in [0.25, 0.3) is 0 Å². The van der Waals surface area contributed by atoms with Crippen LogP contribution in [-0.4, -0.2) is 5.11 Å². The van der Waals surface area contributed by atoms with E-state index in [4.69, 9.17) is 5.73 Å². The van der Waals surface area contributed by atoms with Crippen LogP contribution in [-0.2, 0) is 0 Å². The molecule has 3 N–H and O–H groups in total.